The van der Waals surface area contributed by atoms with E-state index in [0.29, 0.717) is 44.0 Å². The Morgan fingerprint density at radius 3 is 2.93 bits per heavy atom. The van der Waals surface area contributed by atoms with Crippen molar-refractivity contribution in [3.63, 3.8) is 0 Å². The van der Waals surface area contributed by atoms with Crippen LogP contribution < -0.4 is 10.2 Å². The molecule has 29 heavy (non-hydrogen) atoms. The molecule has 1 fully saturated rings. The van der Waals surface area contributed by atoms with Crippen molar-refractivity contribution < 1.29 is 14.3 Å². The predicted molar refractivity (Wildman–Crippen MR) is 112 cm³/mol. The number of fused-ring (bicyclic) bond motifs is 1. The van der Waals surface area contributed by atoms with E-state index < -0.39 is 0 Å². The lowest BCUT2D eigenvalue weighted by Gasteiger charge is -2.34. The molecule has 0 radical (unpaired) electrons. The summed E-state index contributed by atoms with van der Waals surface area (Å²) in [5.41, 5.74) is 3.66. The van der Waals surface area contributed by atoms with Crippen molar-refractivity contribution in [1.82, 2.24) is 9.97 Å². The van der Waals surface area contributed by atoms with Gasteiger partial charge in [-0.3, -0.25) is 4.79 Å². The van der Waals surface area contributed by atoms with Crippen molar-refractivity contribution in [2.45, 2.75) is 39.2 Å². The Balaban J connectivity index is 1.67. The van der Waals surface area contributed by atoms with Crippen molar-refractivity contribution in [3.8, 4) is 0 Å². The van der Waals surface area contributed by atoms with Crippen molar-refractivity contribution in [2.75, 3.05) is 43.1 Å². The number of nitrogens with zero attached hydrogens (tertiary/aromatic N) is 3. The standard InChI is InChI=1S/C22H28N4O3/c1-3-16-14-26(8-11-29-16)21-12-18(17-6-9-28-10-7-19(17)24-21)22(27)25-20-5-4-15(2)13-23-20/h4-5,12-13,16H,3,6-11,14H2,1-2H3,(H,23,25,27)/t16-/m0/s1. The number of hydrogen-bond donors (Lipinski definition) is 1. The molecule has 2 aromatic heterocycles. The molecule has 0 aliphatic carbocycles. The van der Waals surface area contributed by atoms with Gasteiger partial charge in [0.1, 0.15) is 11.6 Å². The molecule has 0 bridgehead atoms. The molecule has 0 spiro atoms. The molecule has 0 saturated carbocycles. The summed E-state index contributed by atoms with van der Waals surface area (Å²) in [6.45, 7) is 7.58. The lowest BCUT2D eigenvalue weighted by molar-refractivity contribution is 0.0381. The molecular weight excluding hydrogens is 368 g/mol. The van der Waals surface area contributed by atoms with Gasteiger partial charge in [-0.15, -0.1) is 0 Å². The third kappa shape index (κ3) is 4.57. The molecule has 2 aromatic rings. The number of morpholine rings is 1. The number of aryl methyl sites for hydroxylation is 1. The fourth-order valence-corrected chi connectivity index (χ4v) is 3.80. The van der Waals surface area contributed by atoms with E-state index in [1.807, 2.05) is 25.1 Å². The second-order valence-electron chi connectivity index (χ2n) is 7.59. The highest BCUT2D eigenvalue weighted by molar-refractivity contribution is 6.05. The van der Waals surface area contributed by atoms with Crippen molar-refractivity contribution in [3.05, 3.63) is 46.8 Å². The summed E-state index contributed by atoms with van der Waals surface area (Å²) < 4.78 is 11.4. The highest BCUT2D eigenvalue weighted by Crippen LogP contribution is 2.26. The number of amides is 1. The van der Waals surface area contributed by atoms with Gasteiger partial charge in [0, 0.05) is 37.0 Å². The van der Waals surface area contributed by atoms with Gasteiger partial charge in [-0.2, -0.15) is 0 Å². The maximum Gasteiger partial charge on any atom is 0.257 e. The van der Waals surface area contributed by atoms with Gasteiger partial charge in [0.15, 0.2) is 0 Å². The first-order valence-electron chi connectivity index (χ1n) is 10.3. The van der Waals surface area contributed by atoms with E-state index in [2.05, 4.69) is 22.1 Å². The number of carbonyl (C=O) groups excluding carboxylic acids is 1. The number of hydrogen-bond acceptors (Lipinski definition) is 6. The van der Waals surface area contributed by atoms with E-state index in [-0.39, 0.29) is 12.0 Å². The average Bonchev–Trinajstić information content (AvgIpc) is 3.00. The fourth-order valence-electron chi connectivity index (χ4n) is 3.80. The Morgan fingerprint density at radius 1 is 1.28 bits per heavy atom. The van der Waals surface area contributed by atoms with Gasteiger partial charge in [0.2, 0.25) is 0 Å². The van der Waals surface area contributed by atoms with E-state index in [1.54, 1.807) is 6.20 Å². The number of aromatic nitrogens is 2. The predicted octanol–water partition coefficient (Wildman–Crippen LogP) is 2.77. The Bertz CT molecular complexity index is 869. The van der Waals surface area contributed by atoms with E-state index in [4.69, 9.17) is 14.5 Å². The summed E-state index contributed by atoms with van der Waals surface area (Å²) in [6, 6.07) is 5.68. The fraction of sp³-hybridized carbons (Fsp3) is 0.500. The minimum absolute atomic E-state index is 0.150. The smallest absolute Gasteiger partial charge is 0.257 e. The van der Waals surface area contributed by atoms with Gasteiger partial charge in [0.25, 0.3) is 5.91 Å². The minimum Gasteiger partial charge on any atom is -0.381 e. The van der Waals surface area contributed by atoms with Crippen molar-refractivity contribution >= 4 is 17.5 Å². The Hall–Kier alpha value is -2.51. The number of ether oxygens (including phenoxy) is 2. The van der Waals surface area contributed by atoms with Crippen molar-refractivity contribution in [2.24, 2.45) is 0 Å². The molecule has 4 rings (SSSR count). The zero-order valence-corrected chi connectivity index (χ0v) is 17.1. The zero-order valence-electron chi connectivity index (χ0n) is 17.1. The SMILES string of the molecule is CC[C@H]1CN(c2cc(C(=O)Nc3ccc(C)cn3)c3c(n2)CCOCC3)CCO1. The average molecular weight is 396 g/mol. The molecule has 7 nitrogen and oxygen atoms in total. The normalized spacial score (nSPS) is 19.4. The number of nitrogens with one attached hydrogen (secondary N) is 1. The number of anilines is 2. The van der Waals surface area contributed by atoms with Crippen LogP contribution >= 0.6 is 0 Å². The minimum atomic E-state index is -0.150. The van der Waals surface area contributed by atoms with Gasteiger partial charge in [-0.25, -0.2) is 9.97 Å². The van der Waals surface area contributed by atoms with Crippen LogP contribution in [0.2, 0.25) is 0 Å². The second-order valence-corrected chi connectivity index (χ2v) is 7.59. The van der Waals surface area contributed by atoms with E-state index in [9.17, 15) is 4.79 Å². The summed E-state index contributed by atoms with van der Waals surface area (Å²) in [5.74, 6) is 1.24. The Kier molecular flexibility index (Phi) is 6.06. The molecular formula is C22H28N4O3. The third-order valence-electron chi connectivity index (χ3n) is 5.49. The van der Waals surface area contributed by atoms with Crippen LogP contribution in [0.1, 0.15) is 40.5 Å². The van der Waals surface area contributed by atoms with Gasteiger partial charge >= 0.3 is 0 Å². The Labute approximate surface area is 171 Å². The molecule has 0 unspecified atom stereocenters. The highest BCUT2D eigenvalue weighted by Gasteiger charge is 2.25. The monoisotopic (exact) mass is 396 g/mol. The molecule has 2 aliphatic heterocycles. The van der Waals surface area contributed by atoms with Gasteiger partial charge in [-0.05, 0) is 43.0 Å². The second kappa shape index (κ2) is 8.88. The van der Waals surface area contributed by atoms with E-state index in [0.717, 1.165) is 42.1 Å². The molecule has 1 atom stereocenters. The Morgan fingerprint density at radius 2 is 2.14 bits per heavy atom. The molecule has 1 N–H and O–H groups in total. The first kappa shape index (κ1) is 19.8. The highest BCUT2D eigenvalue weighted by atomic mass is 16.5. The maximum atomic E-state index is 13.2. The van der Waals surface area contributed by atoms with Crippen LogP contribution in [-0.4, -0.2) is 54.9 Å². The van der Waals surface area contributed by atoms with E-state index in [1.165, 1.54) is 0 Å². The molecule has 154 valence electrons. The molecule has 0 aromatic carbocycles. The van der Waals surface area contributed by atoms with Gasteiger partial charge in [-0.1, -0.05) is 13.0 Å². The lowest BCUT2D eigenvalue weighted by Crippen LogP contribution is -2.42. The summed E-state index contributed by atoms with van der Waals surface area (Å²) in [4.78, 5) is 24.6. The van der Waals surface area contributed by atoms with E-state index >= 15 is 0 Å². The summed E-state index contributed by atoms with van der Waals surface area (Å²) in [5, 5.41) is 2.94. The van der Waals surface area contributed by atoms with Crippen LogP contribution in [-0.2, 0) is 22.3 Å². The topological polar surface area (TPSA) is 76.6 Å². The van der Waals surface area contributed by atoms with Gasteiger partial charge < -0.3 is 19.7 Å². The summed E-state index contributed by atoms with van der Waals surface area (Å²) in [6.07, 6.45) is 4.31. The molecule has 2 aliphatic rings. The summed E-state index contributed by atoms with van der Waals surface area (Å²) in [7, 11) is 0. The zero-order chi connectivity index (χ0) is 20.2. The quantitative estimate of drug-likeness (QED) is 0.856. The van der Waals surface area contributed by atoms with Crippen LogP contribution in [0.4, 0.5) is 11.6 Å². The number of carbonyl (C=O) groups is 1. The van der Waals surface area contributed by atoms with Crippen LogP contribution in [0, 0.1) is 6.92 Å². The third-order valence-corrected chi connectivity index (χ3v) is 5.49. The number of pyridine rings is 2. The van der Waals surface area contributed by atoms with Crippen LogP contribution in [0.5, 0.6) is 0 Å². The van der Waals surface area contributed by atoms with Crippen LogP contribution in [0.25, 0.3) is 0 Å². The first-order valence-corrected chi connectivity index (χ1v) is 10.3. The van der Waals surface area contributed by atoms with Crippen LogP contribution in [0.3, 0.4) is 0 Å². The molecule has 1 saturated heterocycles. The van der Waals surface area contributed by atoms with Gasteiger partial charge in [0.05, 0.1) is 25.9 Å². The maximum absolute atomic E-state index is 13.2. The lowest BCUT2D eigenvalue weighted by atomic mass is 10.0. The molecule has 7 heteroatoms. The molecule has 1 amide bonds. The van der Waals surface area contributed by atoms with Crippen LogP contribution in [0.15, 0.2) is 24.4 Å². The van der Waals surface area contributed by atoms with Crippen molar-refractivity contribution in [1.29, 1.82) is 0 Å². The number of rotatable bonds is 4. The molecule has 4 heterocycles. The largest absolute Gasteiger partial charge is 0.381 e. The summed E-state index contributed by atoms with van der Waals surface area (Å²) >= 11 is 0. The first-order chi connectivity index (χ1) is 14.1.